The fourth-order valence-corrected chi connectivity index (χ4v) is 5.81. The summed E-state index contributed by atoms with van der Waals surface area (Å²) in [6, 6.07) is 37.5. The highest BCUT2D eigenvalue weighted by Crippen LogP contribution is 2.47. The highest BCUT2D eigenvalue weighted by atomic mass is 35.5. The summed E-state index contributed by atoms with van der Waals surface area (Å²) in [5.41, 5.74) is 2.75. The van der Waals surface area contributed by atoms with Crippen LogP contribution in [-0.2, 0) is 20.1 Å². The molecule has 34 heavy (non-hydrogen) atoms. The van der Waals surface area contributed by atoms with Crippen molar-refractivity contribution in [3.8, 4) is 0 Å². The maximum Gasteiger partial charge on any atom is 0.648 e. The summed E-state index contributed by atoms with van der Waals surface area (Å²) in [5, 5.41) is 11.9. The van der Waals surface area contributed by atoms with E-state index in [9.17, 15) is 5.02 Å². The Balaban J connectivity index is 1.70. The first-order valence-corrected chi connectivity index (χ1v) is 14.0. The summed E-state index contributed by atoms with van der Waals surface area (Å²) in [4.78, 5) is 0. The summed E-state index contributed by atoms with van der Waals surface area (Å²) >= 11 is 6.03. The molecular weight excluding hydrogens is 463 g/mol. The van der Waals surface area contributed by atoms with E-state index < -0.39 is 23.2 Å². The third kappa shape index (κ3) is 5.74. The standard InChI is InChI=1S/C28H28BClO3S/c1-34(2,22-23-18-20-27(30)21-19-23)33-29(31)32-28(24-12-6-3-7-13-24,25-14-8-4-9-15-25)26-16-10-5-11-17-26/h3-21,31H,22H2,1-2H3. The molecule has 0 aliphatic carbocycles. The Kier molecular flexibility index (Phi) is 7.82. The van der Waals surface area contributed by atoms with Gasteiger partial charge in [0, 0.05) is 10.8 Å². The van der Waals surface area contributed by atoms with Crippen LogP contribution >= 0.6 is 21.9 Å². The van der Waals surface area contributed by atoms with Gasteiger partial charge in [-0.25, -0.2) is 0 Å². The predicted octanol–water partition coefficient (Wildman–Crippen LogP) is 6.82. The normalized spacial score (nSPS) is 12.4. The van der Waals surface area contributed by atoms with Gasteiger partial charge in [0.25, 0.3) is 0 Å². The largest absolute Gasteiger partial charge is 0.648 e. The fourth-order valence-electron chi connectivity index (χ4n) is 4.13. The predicted molar refractivity (Wildman–Crippen MR) is 144 cm³/mol. The zero-order valence-electron chi connectivity index (χ0n) is 19.3. The minimum Gasteiger partial charge on any atom is -0.401 e. The van der Waals surface area contributed by atoms with Crippen molar-refractivity contribution >= 4 is 29.2 Å². The van der Waals surface area contributed by atoms with Crippen LogP contribution in [-0.4, -0.2) is 24.9 Å². The first-order valence-electron chi connectivity index (χ1n) is 11.1. The SMILES string of the molecule is CS(C)(Cc1ccc(Cl)cc1)OB(O)OC(c1ccccc1)(c1ccccc1)c1ccccc1. The minimum atomic E-state index is -1.68. The second kappa shape index (κ2) is 10.8. The lowest BCUT2D eigenvalue weighted by molar-refractivity contribution is 0.0899. The second-order valence-electron chi connectivity index (χ2n) is 8.51. The van der Waals surface area contributed by atoms with Crippen molar-refractivity contribution in [2.24, 2.45) is 0 Å². The monoisotopic (exact) mass is 490 g/mol. The van der Waals surface area contributed by atoms with E-state index in [0.717, 1.165) is 22.3 Å². The smallest absolute Gasteiger partial charge is 0.401 e. The van der Waals surface area contributed by atoms with Crippen LogP contribution in [0, 0.1) is 0 Å². The van der Waals surface area contributed by atoms with Gasteiger partial charge >= 0.3 is 7.32 Å². The molecule has 0 saturated carbocycles. The molecule has 3 nitrogen and oxygen atoms in total. The van der Waals surface area contributed by atoms with Gasteiger partial charge in [0.2, 0.25) is 0 Å². The number of halogens is 1. The molecule has 0 radical (unpaired) electrons. The van der Waals surface area contributed by atoms with Crippen molar-refractivity contribution in [1.82, 2.24) is 0 Å². The molecule has 0 bridgehead atoms. The van der Waals surface area contributed by atoms with E-state index in [1.165, 1.54) is 0 Å². The average Bonchev–Trinajstić information content (AvgIpc) is 2.85. The zero-order chi connectivity index (χ0) is 24.0. The summed E-state index contributed by atoms with van der Waals surface area (Å²) < 4.78 is 12.7. The van der Waals surface area contributed by atoms with E-state index in [0.29, 0.717) is 10.8 Å². The molecule has 0 unspecified atom stereocenters. The molecule has 4 rings (SSSR count). The van der Waals surface area contributed by atoms with E-state index in [2.05, 4.69) is 0 Å². The number of rotatable bonds is 9. The Labute approximate surface area is 209 Å². The first kappa shape index (κ1) is 24.6. The lowest BCUT2D eigenvalue weighted by Gasteiger charge is -2.39. The molecule has 0 aromatic heterocycles. The van der Waals surface area contributed by atoms with Crippen molar-refractivity contribution in [2.45, 2.75) is 11.4 Å². The number of benzene rings is 4. The van der Waals surface area contributed by atoms with Crippen LogP contribution in [0.1, 0.15) is 22.3 Å². The number of hydrogen-bond donors (Lipinski definition) is 1. The van der Waals surface area contributed by atoms with Crippen LogP contribution in [0.2, 0.25) is 5.02 Å². The number of hydrogen-bond acceptors (Lipinski definition) is 3. The summed E-state index contributed by atoms with van der Waals surface area (Å²) in [5.74, 6) is 0.666. The zero-order valence-corrected chi connectivity index (χ0v) is 20.9. The Morgan fingerprint density at radius 3 is 1.53 bits per heavy atom. The van der Waals surface area contributed by atoms with Crippen LogP contribution in [0.25, 0.3) is 0 Å². The molecule has 4 aromatic carbocycles. The molecule has 0 saturated heterocycles. The van der Waals surface area contributed by atoms with Gasteiger partial charge in [-0.05, 0) is 46.9 Å². The third-order valence-corrected chi connectivity index (χ3v) is 7.56. The molecule has 0 aliphatic heterocycles. The van der Waals surface area contributed by atoms with Crippen LogP contribution in [0.15, 0.2) is 115 Å². The Hall–Kier alpha value is -2.54. The summed E-state index contributed by atoms with van der Waals surface area (Å²) in [7, 11) is -3.13. The molecular formula is C28H28BClO3S. The molecule has 1 N–H and O–H groups in total. The van der Waals surface area contributed by atoms with Gasteiger partial charge in [-0.1, -0.05) is 115 Å². The van der Waals surface area contributed by atoms with E-state index >= 15 is 0 Å². The van der Waals surface area contributed by atoms with Gasteiger partial charge in [-0.2, -0.15) is 10.3 Å². The van der Waals surface area contributed by atoms with Gasteiger partial charge in [0.1, 0.15) is 5.60 Å². The molecule has 0 aliphatic rings. The van der Waals surface area contributed by atoms with E-state index in [1.54, 1.807) is 0 Å². The maximum absolute atomic E-state index is 11.2. The molecule has 0 amide bonds. The molecule has 174 valence electrons. The average molecular weight is 491 g/mol. The van der Waals surface area contributed by atoms with Crippen LogP contribution in [0.5, 0.6) is 0 Å². The van der Waals surface area contributed by atoms with Crippen LogP contribution in [0.3, 0.4) is 0 Å². The third-order valence-electron chi connectivity index (χ3n) is 5.59. The minimum absolute atomic E-state index is 0.666. The van der Waals surface area contributed by atoms with Crippen LogP contribution < -0.4 is 0 Å². The van der Waals surface area contributed by atoms with Crippen LogP contribution in [0.4, 0.5) is 0 Å². The molecule has 4 aromatic rings. The van der Waals surface area contributed by atoms with Crippen molar-refractivity contribution in [3.05, 3.63) is 143 Å². The fraction of sp³-hybridized carbons (Fsp3) is 0.143. The van der Waals surface area contributed by atoms with E-state index in [-0.39, 0.29) is 0 Å². The van der Waals surface area contributed by atoms with Gasteiger partial charge in [-0.15, -0.1) is 0 Å². The highest BCUT2D eigenvalue weighted by Gasteiger charge is 2.43. The maximum atomic E-state index is 11.2. The van der Waals surface area contributed by atoms with Crippen molar-refractivity contribution in [1.29, 1.82) is 0 Å². The first-order chi connectivity index (χ1) is 16.4. The van der Waals surface area contributed by atoms with E-state index in [4.69, 9.17) is 20.4 Å². The van der Waals surface area contributed by atoms with Gasteiger partial charge in [-0.3, -0.25) is 0 Å². The lowest BCUT2D eigenvalue weighted by atomic mass is 9.79. The second-order valence-corrected chi connectivity index (χ2v) is 12.3. The molecule has 0 fully saturated rings. The van der Waals surface area contributed by atoms with E-state index in [1.807, 2.05) is 128 Å². The molecule has 0 heterocycles. The Morgan fingerprint density at radius 2 is 1.12 bits per heavy atom. The Morgan fingerprint density at radius 1 is 0.706 bits per heavy atom. The highest BCUT2D eigenvalue weighted by molar-refractivity contribution is 8.28. The van der Waals surface area contributed by atoms with Gasteiger partial charge < -0.3 is 13.8 Å². The quantitative estimate of drug-likeness (QED) is 0.207. The van der Waals surface area contributed by atoms with Crippen molar-refractivity contribution < 1.29 is 13.8 Å². The molecule has 0 atom stereocenters. The van der Waals surface area contributed by atoms with Gasteiger partial charge in [0.15, 0.2) is 0 Å². The summed E-state index contributed by atoms with van der Waals surface area (Å²) in [6.07, 6.45) is 4.03. The molecule has 0 spiro atoms. The Bertz CT molecular complexity index is 1080. The lowest BCUT2D eigenvalue weighted by Crippen LogP contribution is -2.40. The van der Waals surface area contributed by atoms with Crippen molar-refractivity contribution in [2.75, 3.05) is 12.5 Å². The topological polar surface area (TPSA) is 38.7 Å². The summed E-state index contributed by atoms with van der Waals surface area (Å²) in [6.45, 7) is 0. The van der Waals surface area contributed by atoms with Crippen molar-refractivity contribution in [3.63, 3.8) is 0 Å². The van der Waals surface area contributed by atoms with Gasteiger partial charge in [0.05, 0.1) is 0 Å². The molecule has 6 heteroatoms.